The van der Waals surface area contributed by atoms with E-state index in [-0.39, 0.29) is 17.9 Å². The molecule has 5 nitrogen and oxygen atoms in total. The minimum Gasteiger partial charge on any atom is -0.481 e. The molecule has 2 fully saturated rings. The molecule has 2 aromatic carbocycles. The van der Waals surface area contributed by atoms with Crippen LogP contribution in [0.5, 0.6) is 0 Å². The molecule has 146 valence electrons. The molecule has 5 heteroatoms. The van der Waals surface area contributed by atoms with Crippen molar-refractivity contribution in [2.75, 3.05) is 26.3 Å². The molecule has 0 aliphatic carbocycles. The Hall–Kier alpha value is -2.66. The molecule has 1 unspecified atom stereocenters. The standard InChI is InChI=1S/C23H25NO4/c1-16-5-2-3-8-19(16)17-6-4-7-18(13-17)21(25)24-14-20(22(26)27)23(15-24)9-11-28-12-10-23/h2-8,13,20H,9-12,14-15H2,1H3,(H,26,27). The maximum Gasteiger partial charge on any atom is 0.308 e. The second kappa shape index (κ2) is 7.40. The van der Waals surface area contributed by atoms with Gasteiger partial charge in [-0.05, 0) is 48.6 Å². The van der Waals surface area contributed by atoms with Crippen molar-refractivity contribution >= 4 is 11.9 Å². The highest BCUT2D eigenvalue weighted by molar-refractivity contribution is 5.96. The van der Waals surface area contributed by atoms with Gasteiger partial charge in [0.25, 0.3) is 5.91 Å². The highest BCUT2D eigenvalue weighted by Gasteiger charge is 2.52. The lowest BCUT2D eigenvalue weighted by Gasteiger charge is -2.36. The van der Waals surface area contributed by atoms with Crippen molar-refractivity contribution in [1.82, 2.24) is 4.90 Å². The molecule has 2 aromatic rings. The van der Waals surface area contributed by atoms with Crippen LogP contribution in [0.25, 0.3) is 11.1 Å². The van der Waals surface area contributed by atoms with E-state index in [4.69, 9.17) is 4.74 Å². The summed E-state index contributed by atoms with van der Waals surface area (Å²) in [5, 5.41) is 9.75. The molecule has 28 heavy (non-hydrogen) atoms. The third-order valence-corrected chi connectivity index (χ3v) is 6.29. The molecule has 4 rings (SSSR count). The number of hydrogen-bond donors (Lipinski definition) is 1. The smallest absolute Gasteiger partial charge is 0.308 e. The first-order chi connectivity index (χ1) is 13.5. The molecular formula is C23H25NO4. The van der Waals surface area contributed by atoms with Crippen LogP contribution >= 0.6 is 0 Å². The number of aryl methyl sites for hydroxylation is 1. The molecule has 2 heterocycles. The van der Waals surface area contributed by atoms with Crippen LogP contribution < -0.4 is 0 Å². The van der Waals surface area contributed by atoms with E-state index in [0.717, 1.165) is 16.7 Å². The Kier molecular flexibility index (Phi) is 4.94. The summed E-state index contributed by atoms with van der Waals surface area (Å²) >= 11 is 0. The van der Waals surface area contributed by atoms with Crippen LogP contribution in [0.3, 0.4) is 0 Å². The van der Waals surface area contributed by atoms with Gasteiger partial charge in [0.1, 0.15) is 0 Å². The van der Waals surface area contributed by atoms with Crippen molar-refractivity contribution in [3.63, 3.8) is 0 Å². The van der Waals surface area contributed by atoms with E-state index in [0.29, 0.717) is 38.2 Å². The third kappa shape index (κ3) is 3.31. The zero-order valence-corrected chi connectivity index (χ0v) is 16.1. The Morgan fingerprint density at radius 1 is 1.11 bits per heavy atom. The summed E-state index contributed by atoms with van der Waals surface area (Å²) in [5.41, 5.74) is 3.49. The summed E-state index contributed by atoms with van der Waals surface area (Å²) in [5.74, 6) is -1.43. The number of carbonyl (C=O) groups is 2. The molecule has 1 amide bonds. The lowest BCUT2D eigenvalue weighted by Crippen LogP contribution is -2.40. The molecule has 0 saturated carbocycles. The molecule has 2 aliphatic rings. The van der Waals surface area contributed by atoms with Gasteiger partial charge in [-0.15, -0.1) is 0 Å². The van der Waals surface area contributed by atoms with Gasteiger partial charge in [-0.2, -0.15) is 0 Å². The monoisotopic (exact) mass is 379 g/mol. The van der Waals surface area contributed by atoms with Gasteiger partial charge in [0.15, 0.2) is 0 Å². The van der Waals surface area contributed by atoms with Gasteiger partial charge in [-0.3, -0.25) is 9.59 Å². The zero-order chi connectivity index (χ0) is 19.7. The molecular weight excluding hydrogens is 354 g/mol. The molecule has 2 saturated heterocycles. The van der Waals surface area contributed by atoms with E-state index >= 15 is 0 Å². The minimum absolute atomic E-state index is 0.0925. The van der Waals surface area contributed by atoms with E-state index in [2.05, 4.69) is 13.0 Å². The average Bonchev–Trinajstić information content (AvgIpc) is 3.07. The first-order valence-electron chi connectivity index (χ1n) is 9.76. The van der Waals surface area contributed by atoms with Crippen LogP contribution in [0.15, 0.2) is 48.5 Å². The predicted octanol–water partition coefficient (Wildman–Crippen LogP) is 3.62. The predicted molar refractivity (Wildman–Crippen MR) is 106 cm³/mol. The van der Waals surface area contributed by atoms with Crippen molar-refractivity contribution in [3.8, 4) is 11.1 Å². The lowest BCUT2D eigenvalue weighted by atomic mass is 9.72. The van der Waals surface area contributed by atoms with Gasteiger partial charge < -0.3 is 14.7 Å². The summed E-state index contributed by atoms with van der Waals surface area (Å²) in [7, 11) is 0. The number of hydrogen-bond acceptors (Lipinski definition) is 3. The van der Waals surface area contributed by atoms with Crippen LogP contribution in [0.4, 0.5) is 0 Å². The van der Waals surface area contributed by atoms with Crippen molar-refractivity contribution in [2.24, 2.45) is 11.3 Å². The van der Waals surface area contributed by atoms with Crippen LogP contribution in [0.1, 0.15) is 28.8 Å². The second-order valence-corrected chi connectivity index (χ2v) is 7.95. The van der Waals surface area contributed by atoms with Gasteiger partial charge in [-0.25, -0.2) is 0 Å². The normalized spacial score (nSPS) is 21.0. The number of likely N-dealkylation sites (tertiary alicyclic amines) is 1. The summed E-state index contributed by atoms with van der Waals surface area (Å²) in [6.45, 7) is 3.93. The highest BCUT2D eigenvalue weighted by Crippen LogP contribution is 2.44. The largest absolute Gasteiger partial charge is 0.481 e. The van der Waals surface area contributed by atoms with E-state index in [9.17, 15) is 14.7 Å². The fraction of sp³-hybridized carbons (Fsp3) is 0.391. The Labute approximate surface area is 164 Å². The molecule has 0 bridgehead atoms. The van der Waals surface area contributed by atoms with E-state index in [1.807, 2.05) is 42.5 Å². The molecule has 1 spiro atoms. The maximum absolute atomic E-state index is 13.2. The number of carboxylic acid groups (broad SMARTS) is 1. The van der Waals surface area contributed by atoms with E-state index < -0.39 is 11.9 Å². The molecule has 0 aromatic heterocycles. The number of rotatable bonds is 3. The van der Waals surface area contributed by atoms with Gasteiger partial charge >= 0.3 is 5.97 Å². The first kappa shape index (κ1) is 18.7. The summed E-state index contributed by atoms with van der Waals surface area (Å²) in [4.78, 5) is 26.8. The second-order valence-electron chi connectivity index (χ2n) is 7.95. The van der Waals surface area contributed by atoms with Gasteiger partial charge in [0, 0.05) is 37.3 Å². The molecule has 0 radical (unpaired) electrons. The van der Waals surface area contributed by atoms with Gasteiger partial charge in [-0.1, -0.05) is 36.4 Å². The molecule has 1 atom stereocenters. The van der Waals surface area contributed by atoms with Crippen LogP contribution in [-0.2, 0) is 9.53 Å². The number of amides is 1. The maximum atomic E-state index is 13.2. The first-order valence-corrected chi connectivity index (χ1v) is 9.76. The Bertz CT molecular complexity index is 901. The quantitative estimate of drug-likeness (QED) is 0.885. The summed E-state index contributed by atoms with van der Waals surface area (Å²) in [6.07, 6.45) is 1.38. The molecule has 1 N–H and O–H groups in total. The Balaban J connectivity index is 1.61. The van der Waals surface area contributed by atoms with Gasteiger partial charge in [0.2, 0.25) is 0 Å². The zero-order valence-electron chi connectivity index (χ0n) is 16.1. The topological polar surface area (TPSA) is 66.8 Å². The van der Waals surface area contributed by atoms with Crippen molar-refractivity contribution < 1.29 is 19.4 Å². The van der Waals surface area contributed by atoms with Crippen molar-refractivity contribution in [1.29, 1.82) is 0 Å². The van der Waals surface area contributed by atoms with Crippen LogP contribution in [-0.4, -0.2) is 48.2 Å². The summed E-state index contributed by atoms with van der Waals surface area (Å²) < 4.78 is 5.44. The third-order valence-electron chi connectivity index (χ3n) is 6.29. The summed E-state index contributed by atoms with van der Waals surface area (Å²) in [6, 6.07) is 15.7. The number of benzene rings is 2. The number of aliphatic carboxylic acids is 1. The Morgan fingerprint density at radius 3 is 2.57 bits per heavy atom. The lowest BCUT2D eigenvalue weighted by molar-refractivity contribution is -0.146. The van der Waals surface area contributed by atoms with E-state index in [1.165, 1.54) is 0 Å². The highest BCUT2D eigenvalue weighted by atomic mass is 16.5. The van der Waals surface area contributed by atoms with Crippen LogP contribution in [0, 0.1) is 18.3 Å². The number of carboxylic acids is 1. The number of carbonyl (C=O) groups excluding carboxylic acids is 1. The molecule has 2 aliphatic heterocycles. The average molecular weight is 379 g/mol. The number of ether oxygens (including phenoxy) is 1. The fourth-order valence-corrected chi connectivity index (χ4v) is 4.65. The van der Waals surface area contributed by atoms with Crippen molar-refractivity contribution in [3.05, 3.63) is 59.7 Å². The fourth-order valence-electron chi connectivity index (χ4n) is 4.65. The number of nitrogens with zero attached hydrogens (tertiary/aromatic N) is 1. The SMILES string of the molecule is Cc1ccccc1-c1cccc(C(=O)N2CC(C(=O)O)C3(CCOCC3)C2)c1. The van der Waals surface area contributed by atoms with Crippen molar-refractivity contribution in [2.45, 2.75) is 19.8 Å². The minimum atomic E-state index is -0.814. The van der Waals surface area contributed by atoms with Crippen LogP contribution in [0.2, 0.25) is 0 Å². The Morgan fingerprint density at radius 2 is 1.86 bits per heavy atom. The van der Waals surface area contributed by atoms with E-state index in [1.54, 1.807) is 4.90 Å². The van der Waals surface area contributed by atoms with Gasteiger partial charge in [0.05, 0.1) is 5.92 Å².